The third-order valence-corrected chi connectivity index (χ3v) is 8.04. The Morgan fingerprint density at radius 2 is 1.68 bits per heavy atom. The summed E-state index contributed by atoms with van der Waals surface area (Å²) in [5.74, 6) is 0.679. The molecule has 4 aromatic rings. The SMILES string of the molecule is CCCCNC(=O)OCCCC(=Nc1c(C(C)C)cccc1C(C)C)c1cccc(-c2cc3ccccc3s2)n1. The molecule has 0 unspecified atom stereocenters. The first-order valence-corrected chi connectivity index (χ1v) is 15.3. The highest BCUT2D eigenvalue weighted by Gasteiger charge is 2.17. The summed E-state index contributed by atoms with van der Waals surface area (Å²) in [6.07, 6.45) is 2.93. The Morgan fingerprint density at radius 3 is 2.38 bits per heavy atom. The Bertz CT molecular complexity index is 1400. The number of rotatable bonds is 12. The summed E-state index contributed by atoms with van der Waals surface area (Å²) in [7, 11) is 0. The fraction of sp³-hybridized carbons (Fsp3) is 0.382. The van der Waals surface area contributed by atoms with Crippen LogP contribution in [0.4, 0.5) is 10.5 Å². The maximum Gasteiger partial charge on any atom is 0.407 e. The van der Waals surface area contributed by atoms with Gasteiger partial charge in [-0.1, -0.05) is 83.5 Å². The zero-order valence-electron chi connectivity index (χ0n) is 24.4. The molecule has 1 N–H and O–H groups in total. The number of aliphatic imine (C=N–C) groups is 1. The lowest BCUT2D eigenvalue weighted by Crippen LogP contribution is -2.25. The first-order valence-electron chi connectivity index (χ1n) is 14.4. The van der Waals surface area contributed by atoms with Crippen molar-refractivity contribution in [2.45, 2.75) is 72.1 Å². The number of nitrogens with one attached hydrogen (secondary N) is 1. The number of para-hydroxylation sites is 1. The van der Waals surface area contributed by atoms with Crippen LogP contribution in [0, 0.1) is 0 Å². The van der Waals surface area contributed by atoms with Crippen molar-refractivity contribution < 1.29 is 9.53 Å². The van der Waals surface area contributed by atoms with Gasteiger partial charge in [-0.25, -0.2) is 9.78 Å². The zero-order chi connectivity index (χ0) is 28.5. The Labute approximate surface area is 242 Å². The van der Waals surface area contributed by atoms with E-state index in [1.807, 2.05) is 6.07 Å². The molecule has 0 bridgehead atoms. The van der Waals surface area contributed by atoms with Crippen LogP contribution in [0.3, 0.4) is 0 Å². The van der Waals surface area contributed by atoms with E-state index in [1.165, 1.54) is 21.2 Å². The highest BCUT2D eigenvalue weighted by molar-refractivity contribution is 7.22. The highest BCUT2D eigenvalue weighted by atomic mass is 32.1. The van der Waals surface area contributed by atoms with Gasteiger partial charge in [0.2, 0.25) is 0 Å². The van der Waals surface area contributed by atoms with E-state index in [-0.39, 0.29) is 6.09 Å². The Morgan fingerprint density at radius 1 is 0.950 bits per heavy atom. The molecule has 0 atom stereocenters. The van der Waals surface area contributed by atoms with Crippen molar-refractivity contribution in [3.05, 3.63) is 83.6 Å². The zero-order valence-corrected chi connectivity index (χ0v) is 25.2. The number of carbonyl (C=O) groups excluding carboxylic acids is 1. The summed E-state index contributed by atoms with van der Waals surface area (Å²) < 4.78 is 6.70. The number of alkyl carbamates (subject to hydrolysis) is 1. The third-order valence-electron chi connectivity index (χ3n) is 6.90. The number of benzene rings is 2. The van der Waals surface area contributed by atoms with Gasteiger partial charge in [0, 0.05) is 11.2 Å². The van der Waals surface area contributed by atoms with Crippen LogP contribution in [-0.2, 0) is 4.74 Å². The van der Waals surface area contributed by atoms with Crippen molar-refractivity contribution in [3.63, 3.8) is 0 Å². The maximum atomic E-state index is 12.1. The molecule has 0 aliphatic rings. The van der Waals surface area contributed by atoms with E-state index in [1.54, 1.807) is 11.3 Å². The average Bonchev–Trinajstić information content (AvgIpc) is 3.39. The van der Waals surface area contributed by atoms with Crippen molar-refractivity contribution in [2.24, 2.45) is 4.99 Å². The number of nitrogens with zero attached hydrogens (tertiary/aromatic N) is 2. The molecular formula is C34H41N3O2S. The molecular weight excluding hydrogens is 514 g/mol. The maximum absolute atomic E-state index is 12.1. The minimum atomic E-state index is -0.357. The molecule has 2 aromatic carbocycles. The molecule has 0 aliphatic carbocycles. The minimum Gasteiger partial charge on any atom is -0.450 e. The van der Waals surface area contributed by atoms with Gasteiger partial charge < -0.3 is 10.1 Å². The van der Waals surface area contributed by atoms with Crippen molar-refractivity contribution in [3.8, 4) is 10.6 Å². The monoisotopic (exact) mass is 555 g/mol. The van der Waals surface area contributed by atoms with E-state index in [4.69, 9.17) is 14.7 Å². The predicted molar refractivity (Wildman–Crippen MR) is 169 cm³/mol. The molecule has 40 heavy (non-hydrogen) atoms. The fourth-order valence-corrected chi connectivity index (χ4v) is 5.71. The topological polar surface area (TPSA) is 63.6 Å². The number of hydrogen-bond donors (Lipinski definition) is 1. The van der Waals surface area contributed by atoms with E-state index in [0.717, 1.165) is 40.5 Å². The van der Waals surface area contributed by atoms with Gasteiger partial charge in [-0.2, -0.15) is 0 Å². The van der Waals surface area contributed by atoms with Crippen LogP contribution in [0.1, 0.15) is 89.0 Å². The highest BCUT2D eigenvalue weighted by Crippen LogP contribution is 2.36. The lowest BCUT2D eigenvalue weighted by atomic mass is 9.92. The Kier molecular flexibility index (Phi) is 10.5. The predicted octanol–water partition coefficient (Wildman–Crippen LogP) is 9.64. The Balaban J connectivity index is 1.67. The van der Waals surface area contributed by atoms with E-state index in [0.29, 0.717) is 37.8 Å². The molecule has 2 aromatic heterocycles. The van der Waals surface area contributed by atoms with Crippen LogP contribution < -0.4 is 5.32 Å². The average molecular weight is 556 g/mol. The van der Waals surface area contributed by atoms with Crippen LogP contribution in [-0.4, -0.2) is 29.9 Å². The molecule has 0 saturated carbocycles. The summed E-state index contributed by atoms with van der Waals surface area (Å²) in [4.78, 5) is 23.6. The number of thiophene rings is 1. The van der Waals surface area contributed by atoms with Gasteiger partial charge >= 0.3 is 6.09 Å². The lowest BCUT2D eigenvalue weighted by molar-refractivity contribution is 0.145. The number of pyridine rings is 1. The van der Waals surface area contributed by atoms with Gasteiger partial charge in [0.1, 0.15) is 0 Å². The van der Waals surface area contributed by atoms with Crippen molar-refractivity contribution in [1.82, 2.24) is 10.3 Å². The molecule has 2 heterocycles. The number of unbranched alkanes of at least 4 members (excludes halogenated alkanes) is 1. The van der Waals surface area contributed by atoms with Gasteiger partial charge in [-0.3, -0.25) is 4.99 Å². The fourth-order valence-electron chi connectivity index (χ4n) is 4.68. The molecule has 6 heteroatoms. The number of carbonyl (C=O) groups is 1. The van der Waals surface area contributed by atoms with E-state index in [9.17, 15) is 4.79 Å². The second-order valence-electron chi connectivity index (χ2n) is 10.7. The molecule has 1 amide bonds. The smallest absolute Gasteiger partial charge is 0.407 e. The summed E-state index contributed by atoms with van der Waals surface area (Å²) in [6, 6.07) is 23.3. The minimum absolute atomic E-state index is 0.329. The Hall–Kier alpha value is -3.51. The summed E-state index contributed by atoms with van der Waals surface area (Å²) >= 11 is 1.75. The van der Waals surface area contributed by atoms with Crippen molar-refractivity contribution in [1.29, 1.82) is 0 Å². The number of fused-ring (bicyclic) bond motifs is 1. The van der Waals surface area contributed by atoms with Gasteiger partial charge in [0.15, 0.2) is 0 Å². The summed E-state index contributed by atoms with van der Waals surface area (Å²) in [5.41, 5.74) is 6.21. The normalized spacial score (nSPS) is 11.9. The quantitative estimate of drug-likeness (QED) is 0.140. The van der Waals surface area contributed by atoms with Gasteiger partial charge in [0.05, 0.1) is 34.3 Å². The van der Waals surface area contributed by atoms with Gasteiger partial charge in [0.25, 0.3) is 0 Å². The molecule has 0 aliphatic heterocycles. The summed E-state index contributed by atoms with van der Waals surface area (Å²) in [5, 5.41) is 4.04. The lowest BCUT2D eigenvalue weighted by Gasteiger charge is -2.18. The molecule has 0 fully saturated rings. The van der Waals surface area contributed by atoms with Crippen LogP contribution in [0.5, 0.6) is 0 Å². The van der Waals surface area contributed by atoms with Crippen molar-refractivity contribution >= 4 is 38.9 Å². The molecule has 0 saturated heterocycles. The van der Waals surface area contributed by atoms with E-state index >= 15 is 0 Å². The molecule has 0 radical (unpaired) electrons. The van der Waals surface area contributed by atoms with Crippen LogP contribution in [0.15, 0.2) is 71.7 Å². The van der Waals surface area contributed by atoms with Crippen molar-refractivity contribution in [2.75, 3.05) is 13.2 Å². The van der Waals surface area contributed by atoms with Gasteiger partial charge in [-0.15, -0.1) is 11.3 Å². The number of ether oxygens (including phenoxy) is 1. The van der Waals surface area contributed by atoms with Crippen LogP contribution in [0.2, 0.25) is 0 Å². The standard InChI is InChI=1S/C34H41N3O2S/c1-6-7-20-35-34(38)39-21-12-18-29(37-33-26(23(2)3)14-10-15-27(33)24(4)5)28-16-11-17-30(36-28)32-22-25-13-8-9-19-31(25)40-32/h8-11,13-17,19,22-24H,6-7,12,18,20-21H2,1-5H3,(H,35,38). The number of hydrogen-bond acceptors (Lipinski definition) is 5. The first-order chi connectivity index (χ1) is 19.4. The van der Waals surface area contributed by atoms with E-state index < -0.39 is 0 Å². The molecule has 4 rings (SSSR count). The first kappa shape index (κ1) is 29.5. The third kappa shape index (κ3) is 7.57. The summed E-state index contributed by atoms with van der Waals surface area (Å²) in [6.45, 7) is 11.9. The number of amides is 1. The van der Waals surface area contributed by atoms with Crippen LogP contribution in [0.25, 0.3) is 20.7 Å². The molecule has 210 valence electrons. The largest absolute Gasteiger partial charge is 0.450 e. The van der Waals surface area contributed by atoms with E-state index in [2.05, 4.69) is 101 Å². The second kappa shape index (κ2) is 14.2. The second-order valence-corrected chi connectivity index (χ2v) is 11.8. The van der Waals surface area contributed by atoms with Crippen LogP contribution >= 0.6 is 11.3 Å². The molecule has 0 spiro atoms. The number of aromatic nitrogens is 1. The van der Waals surface area contributed by atoms with Gasteiger partial charge in [-0.05, 0) is 71.9 Å². The molecule has 5 nitrogen and oxygen atoms in total.